The summed E-state index contributed by atoms with van der Waals surface area (Å²) in [6.07, 6.45) is 4.70. The molecular formula is C19H19FN4O2S. The maximum atomic E-state index is 13.9. The highest BCUT2D eigenvalue weighted by molar-refractivity contribution is 7.15. The molecule has 3 heterocycles. The molecule has 8 heteroatoms. The number of hydrogen-bond donors (Lipinski definition) is 0. The highest BCUT2D eigenvalue weighted by Gasteiger charge is 2.24. The molecule has 0 atom stereocenters. The number of nitrogens with zero attached hydrogens (tertiary/aromatic N) is 4. The zero-order valence-electron chi connectivity index (χ0n) is 14.7. The molecular weight excluding hydrogens is 367 g/mol. The van der Waals surface area contributed by atoms with Crippen LogP contribution in [0.15, 0.2) is 42.0 Å². The SMILES string of the molecule is O=C(Cc1cn2ccsc2n1)N1CCCN(C(=O)c2ccccc2F)CC1. The van der Waals surface area contributed by atoms with Gasteiger partial charge in [0.1, 0.15) is 5.82 Å². The second-order valence-electron chi connectivity index (χ2n) is 6.51. The molecule has 0 bridgehead atoms. The molecule has 1 aliphatic heterocycles. The Hall–Kier alpha value is -2.74. The van der Waals surface area contributed by atoms with E-state index in [2.05, 4.69) is 4.98 Å². The Bertz CT molecular complexity index is 954. The smallest absolute Gasteiger partial charge is 0.256 e. The molecule has 3 aromatic rings. The molecule has 27 heavy (non-hydrogen) atoms. The highest BCUT2D eigenvalue weighted by Crippen LogP contribution is 2.15. The first-order chi connectivity index (χ1) is 13.1. The molecule has 1 aliphatic rings. The van der Waals surface area contributed by atoms with E-state index >= 15 is 0 Å². The first kappa shape index (κ1) is 17.7. The predicted molar refractivity (Wildman–Crippen MR) is 100 cm³/mol. The van der Waals surface area contributed by atoms with Crippen molar-refractivity contribution in [2.45, 2.75) is 12.8 Å². The van der Waals surface area contributed by atoms with Gasteiger partial charge in [-0.25, -0.2) is 9.37 Å². The lowest BCUT2D eigenvalue weighted by Crippen LogP contribution is -2.38. The van der Waals surface area contributed by atoms with Crippen LogP contribution in [0.25, 0.3) is 4.96 Å². The maximum absolute atomic E-state index is 13.9. The number of carbonyl (C=O) groups is 2. The molecule has 140 valence electrons. The summed E-state index contributed by atoms with van der Waals surface area (Å²) in [7, 11) is 0. The van der Waals surface area contributed by atoms with E-state index in [9.17, 15) is 14.0 Å². The minimum Gasteiger partial charge on any atom is -0.341 e. The zero-order chi connectivity index (χ0) is 18.8. The molecule has 0 unspecified atom stereocenters. The first-order valence-corrected chi connectivity index (χ1v) is 9.72. The molecule has 0 saturated carbocycles. The lowest BCUT2D eigenvalue weighted by Gasteiger charge is -2.22. The van der Waals surface area contributed by atoms with Crippen LogP contribution in [-0.2, 0) is 11.2 Å². The molecule has 2 aromatic heterocycles. The van der Waals surface area contributed by atoms with Gasteiger partial charge in [-0.3, -0.25) is 14.0 Å². The van der Waals surface area contributed by atoms with E-state index in [0.717, 1.165) is 10.7 Å². The number of carbonyl (C=O) groups excluding carboxylic acids is 2. The second kappa shape index (κ2) is 7.48. The van der Waals surface area contributed by atoms with Gasteiger partial charge in [0.15, 0.2) is 4.96 Å². The number of fused-ring (bicyclic) bond motifs is 1. The van der Waals surface area contributed by atoms with E-state index < -0.39 is 5.82 Å². The summed E-state index contributed by atoms with van der Waals surface area (Å²) in [5.41, 5.74) is 0.825. The summed E-state index contributed by atoms with van der Waals surface area (Å²) >= 11 is 1.53. The lowest BCUT2D eigenvalue weighted by atomic mass is 10.2. The van der Waals surface area contributed by atoms with E-state index in [4.69, 9.17) is 0 Å². The van der Waals surface area contributed by atoms with Crippen molar-refractivity contribution in [1.29, 1.82) is 0 Å². The standard InChI is InChI=1S/C19H19FN4O2S/c20-16-5-2-1-4-15(16)18(26)23-7-3-6-22(8-9-23)17(25)12-14-13-24-10-11-27-19(24)21-14/h1-2,4-5,10-11,13H,3,6-9,12H2. The molecule has 2 amide bonds. The van der Waals surface area contributed by atoms with E-state index in [1.54, 1.807) is 21.9 Å². The Morgan fingerprint density at radius 3 is 2.70 bits per heavy atom. The summed E-state index contributed by atoms with van der Waals surface area (Å²) in [6, 6.07) is 6.00. The molecule has 0 N–H and O–H groups in total. The van der Waals surface area contributed by atoms with Crippen LogP contribution in [0, 0.1) is 5.82 Å². The average Bonchev–Trinajstić information content (AvgIpc) is 3.14. The third-order valence-corrected chi connectivity index (χ3v) is 5.49. The van der Waals surface area contributed by atoms with Gasteiger partial charge in [-0.05, 0) is 18.6 Å². The molecule has 1 aromatic carbocycles. The van der Waals surface area contributed by atoms with Gasteiger partial charge in [0.25, 0.3) is 5.91 Å². The minimum absolute atomic E-state index is 0.000874. The Kier molecular flexibility index (Phi) is 4.89. The first-order valence-electron chi connectivity index (χ1n) is 8.84. The second-order valence-corrected chi connectivity index (χ2v) is 7.38. The van der Waals surface area contributed by atoms with E-state index in [-0.39, 0.29) is 23.8 Å². The number of halogens is 1. The Morgan fingerprint density at radius 2 is 1.89 bits per heavy atom. The van der Waals surface area contributed by atoms with Gasteiger partial charge < -0.3 is 9.80 Å². The number of imidazole rings is 1. The van der Waals surface area contributed by atoms with E-state index in [1.807, 2.05) is 22.2 Å². The van der Waals surface area contributed by atoms with Crippen molar-refractivity contribution < 1.29 is 14.0 Å². The van der Waals surface area contributed by atoms with Gasteiger partial charge in [-0.2, -0.15) is 0 Å². The summed E-state index contributed by atoms with van der Waals surface area (Å²) < 4.78 is 15.8. The van der Waals surface area contributed by atoms with E-state index in [0.29, 0.717) is 32.6 Å². The Labute approximate surface area is 159 Å². The van der Waals surface area contributed by atoms with Gasteiger partial charge >= 0.3 is 0 Å². The summed E-state index contributed by atoms with van der Waals surface area (Å²) in [5, 5.41) is 1.95. The number of rotatable bonds is 3. The van der Waals surface area contributed by atoms with Crippen molar-refractivity contribution in [3.63, 3.8) is 0 Å². The van der Waals surface area contributed by atoms with Crippen molar-refractivity contribution in [3.8, 4) is 0 Å². The largest absolute Gasteiger partial charge is 0.341 e. The van der Waals surface area contributed by atoms with Gasteiger partial charge in [0, 0.05) is 44.0 Å². The molecule has 4 rings (SSSR count). The van der Waals surface area contributed by atoms with Crippen LogP contribution in [0.2, 0.25) is 0 Å². The van der Waals surface area contributed by atoms with Crippen molar-refractivity contribution in [2.75, 3.05) is 26.2 Å². The monoisotopic (exact) mass is 386 g/mol. The molecule has 0 radical (unpaired) electrons. The normalized spacial score (nSPS) is 15.1. The van der Waals surface area contributed by atoms with Crippen molar-refractivity contribution in [2.24, 2.45) is 0 Å². The van der Waals surface area contributed by atoms with Crippen LogP contribution < -0.4 is 0 Å². The number of benzene rings is 1. The summed E-state index contributed by atoms with van der Waals surface area (Å²) in [6.45, 7) is 1.94. The van der Waals surface area contributed by atoms with Crippen LogP contribution in [0.3, 0.4) is 0 Å². The number of aromatic nitrogens is 2. The number of thiazole rings is 1. The molecule has 0 spiro atoms. The van der Waals surface area contributed by atoms with Crippen molar-refractivity contribution >= 4 is 28.1 Å². The van der Waals surface area contributed by atoms with Crippen LogP contribution in [0.1, 0.15) is 22.5 Å². The molecule has 6 nitrogen and oxygen atoms in total. The maximum Gasteiger partial charge on any atom is 0.256 e. The fraction of sp³-hybridized carbons (Fsp3) is 0.316. The quantitative estimate of drug-likeness (QED) is 0.695. The van der Waals surface area contributed by atoms with Crippen molar-refractivity contribution in [1.82, 2.24) is 19.2 Å². The minimum atomic E-state index is -0.514. The average molecular weight is 386 g/mol. The predicted octanol–water partition coefficient (Wildman–Crippen LogP) is 2.45. The van der Waals surface area contributed by atoms with Crippen LogP contribution >= 0.6 is 11.3 Å². The third-order valence-electron chi connectivity index (χ3n) is 4.72. The van der Waals surface area contributed by atoms with Crippen molar-refractivity contribution in [3.05, 3.63) is 59.1 Å². The highest BCUT2D eigenvalue weighted by atomic mass is 32.1. The molecule has 0 aliphatic carbocycles. The third kappa shape index (κ3) is 3.71. The molecule has 1 saturated heterocycles. The van der Waals surface area contributed by atoms with Gasteiger partial charge in [-0.15, -0.1) is 11.3 Å². The Morgan fingerprint density at radius 1 is 1.11 bits per heavy atom. The van der Waals surface area contributed by atoms with Gasteiger partial charge in [-0.1, -0.05) is 12.1 Å². The van der Waals surface area contributed by atoms with Crippen LogP contribution in [0.5, 0.6) is 0 Å². The number of hydrogen-bond acceptors (Lipinski definition) is 4. The topological polar surface area (TPSA) is 57.9 Å². The summed E-state index contributed by atoms with van der Waals surface area (Å²) in [4.78, 5) is 33.9. The Balaban J connectivity index is 1.39. The zero-order valence-corrected chi connectivity index (χ0v) is 15.5. The van der Waals surface area contributed by atoms with Crippen LogP contribution in [0.4, 0.5) is 4.39 Å². The lowest BCUT2D eigenvalue weighted by molar-refractivity contribution is -0.130. The fourth-order valence-corrected chi connectivity index (χ4v) is 4.02. The molecule has 1 fully saturated rings. The fourth-order valence-electron chi connectivity index (χ4n) is 3.30. The number of amides is 2. The van der Waals surface area contributed by atoms with Crippen LogP contribution in [-0.4, -0.2) is 57.2 Å². The van der Waals surface area contributed by atoms with Gasteiger partial charge in [0.05, 0.1) is 17.7 Å². The van der Waals surface area contributed by atoms with E-state index in [1.165, 1.54) is 23.5 Å². The van der Waals surface area contributed by atoms with Gasteiger partial charge in [0.2, 0.25) is 5.91 Å². The summed E-state index contributed by atoms with van der Waals surface area (Å²) in [5.74, 6) is -0.836.